The summed E-state index contributed by atoms with van der Waals surface area (Å²) >= 11 is 5.90. The summed E-state index contributed by atoms with van der Waals surface area (Å²) < 4.78 is 48.7. The number of aromatic amines is 1. The van der Waals surface area contributed by atoms with Crippen LogP contribution in [0.25, 0.3) is 0 Å². The highest BCUT2D eigenvalue weighted by Gasteiger charge is 2.20. The second-order valence-corrected chi connectivity index (χ2v) is 12.4. The van der Waals surface area contributed by atoms with Gasteiger partial charge in [0.2, 0.25) is 15.8 Å². The van der Waals surface area contributed by atoms with Gasteiger partial charge in [-0.3, -0.25) is 9.52 Å². The first kappa shape index (κ1) is 24.0. The number of anilines is 1. The lowest BCUT2D eigenvalue weighted by atomic mass is 9.97. The van der Waals surface area contributed by atoms with Crippen LogP contribution in [-0.2, 0) is 19.9 Å². The topological polar surface area (TPSA) is 113 Å². The van der Waals surface area contributed by atoms with Crippen molar-refractivity contribution in [1.29, 1.82) is 0 Å². The molecule has 3 rings (SSSR count). The van der Waals surface area contributed by atoms with Gasteiger partial charge in [-0.25, -0.2) is 16.8 Å². The number of carbonyl (C=O) groups is 1. The summed E-state index contributed by atoms with van der Waals surface area (Å²) in [6, 6.07) is 15.2. The number of hydrogen-bond donors (Lipinski definition) is 2. The molecule has 0 saturated heterocycles. The molecule has 1 heterocycles. The molecule has 3 aromatic rings. The van der Waals surface area contributed by atoms with Crippen LogP contribution in [0.2, 0.25) is 5.02 Å². The smallest absolute Gasteiger partial charge is 0.247 e. The number of hydrogen-bond acceptors (Lipinski definition) is 5. The Morgan fingerprint density at radius 1 is 1.03 bits per heavy atom. The van der Waals surface area contributed by atoms with Gasteiger partial charge in [0.15, 0.2) is 14.9 Å². The molecule has 2 N–H and O–H groups in total. The minimum Gasteiger partial charge on any atom is -0.355 e. The van der Waals surface area contributed by atoms with Crippen molar-refractivity contribution in [2.75, 3.05) is 16.1 Å². The van der Waals surface area contributed by atoms with Crippen LogP contribution in [0.15, 0.2) is 54.6 Å². The Kier molecular flexibility index (Phi) is 6.83. The molecule has 1 unspecified atom stereocenters. The van der Waals surface area contributed by atoms with Gasteiger partial charge in [-0.05, 0) is 60.5 Å². The summed E-state index contributed by atoms with van der Waals surface area (Å²) in [5.41, 5.74) is 3.85. The molecule has 0 bridgehead atoms. The molecule has 32 heavy (non-hydrogen) atoms. The third kappa shape index (κ3) is 5.99. The largest absolute Gasteiger partial charge is 0.355 e. The number of halogens is 1. The van der Waals surface area contributed by atoms with Gasteiger partial charge in [0, 0.05) is 34.1 Å². The molecule has 0 aliphatic rings. The number of sulfonamides is 1. The highest BCUT2D eigenvalue weighted by atomic mass is 35.5. The van der Waals surface area contributed by atoms with Crippen molar-refractivity contribution >= 4 is 42.9 Å². The Morgan fingerprint density at radius 2 is 1.62 bits per heavy atom. The van der Waals surface area contributed by atoms with Crippen LogP contribution in [-0.4, -0.2) is 38.9 Å². The quantitative estimate of drug-likeness (QED) is 0.457. The van der Waals surface area contributed by atoms with E-state index in [4.69, 9.17) is 11.6 Å². The molecule has 0 radical (unpaired) electrons. The summed E-state index contributed by atoms with van der Waals surface area (Å²) in [5, 5.41) is -0.425. The maximum Gasteiger partial charge on any atom is 0.247 e. The number of H-pyrrole nitrogens is 1. The fourth-order valence-corrected chi connectivity index (χ4v) is 6.42. The van der Waals surface area contributed by atoms with Gasteiger partial charge >= 0.3 is 0 Å². The van der Waals surface area contributed by atoms with Crippen molar-refractivity contribution in [3.8, 4) is 0 Å². The molecule has 1 aromatic heterocycles. The van der Waals surface area contributed by atoms with E-state index >= 15 is 0 Å². The SMILES string of the molecule is Cc1cc(C(C)c2ccc(NS(=O)(=O)CS(C)(=O)=O)cc2)[nH]c1C(=O)c1ccc(Cl)cc1. The molecular weight excluding hydrogens is 472 g/mol. The molecule has 10 heteroatoms. The van der Waals surface area contributed by atoms with E-state index in [0.29, 0.717) is 16.3 Å². The van der Waals surface area contributed by atoms with Gasteiger partial charge in [0.25, 0.3) is 0 Å². The van der Waals surface area contributed by atoms with E-state index in [2.05, 4.69) is 9.71 Å². The Balaban J connectivity index is 1.78. The highest BCUT2D eigenvalue weighted by molar-refractivity contribution is 8.08. The third-order valence-electron chi connectivity index (χ3n) is 4.89. The van der Waals surface area contributed by atoms with E-state index in [1.54, 1.807) is 48.5 Å². The van der Waals surface area contributed by atoms with Gasteiger partial charge in [0.1, 0.15) is 0 Å². The summed E-state index contributed by atoms with van der Waals surface area (Å²) in [6.45, 7) is 3.82. The molecule has 0 fully saturated rings. The molecular formula is C22H23ClN2O5S2. The minimum absolute atomic E-state index is 0.0952. The first-order valence-corrected chi connectivity index (χ1v) is 13.7. The van der Waals surface area contributed by atoms with E-state index in [9.17, 15) is 21.6 Å². The van der Waals surface area contributed by atoms with Gasteiger partial charge in [0.05, 0.1) is 5.69 Å². The molecule has 0 aliphatic carbocycles. The molecule has 7 nitrogen and oxygen atoms in total. The van der Waals surface area contributed by atoms with Gasteiger partial charge in [-0.15, -0.1) is 0 Å². The normalized spacial score (nSPS) is 13.0. The lowest BCUT2D eigenvalue weighted by Crippen LogP contribution is -2.22. The number of carbonyl (C=O) groups excluding carboxylic acids is 1. The number of sulfone groups is 1. The number of nitrogens with one attached hydrogen (secondary N) is 2. The minimum atomic E-state index is -4.01. The standard InChI is InChI=1S/C22H23ClN2O5S2/c1-14-12-20(24-21(14)22(26)17-4-8-18(23)9-5-17)15(2)16-6-10-19(11-7-16)25-32(29,30)13-31(3,27)28/h4-12,15,24-25H,13H2,1-3H3. The molecule has 0 spiro atoms. The van der Waals surface area contributed by atoms with Crippen LogP contribution in [0, 0.1) is 6.92 Å². The van der Waals surface area contributed by atoms with Gasteiger partial charge < -0.3 is 4.98 Å². The summed E-state index contributed by atoms with van der Waals surface area (Å²) in [4.78, 5) is 16.1. The Hall–Kier alpha value is -2.62. The third-order valence-corrected chi connectivity index (χ3v) is 8.64. The maximum atomic E-state index is 12.8. The highest BCUT2D eigenvalue weighted by Crippen LogP contribution is 2.27. The van der Waals surface area contributed by atoms with E-state index in [1.807, 2.05) is 19.9 Å². The lowest BCUT2D eigenvalue weighted by Gasteiger charge is -2.12. The average molecular weight is 495 g/mol. The number of aryl methyl sites for hydroxylation is 1. The number of aromatic nitrogens is 1. The molecule has 1 atom stereocenters. The van der Waals surface area contributed by atoms with Crippen molar-refractivity contribution < 1.29 is 21.6 Å². The van der Waals surface area contributed by atoms with Crippen molar-refractivity contribution in [2.45, 2.75) is 19.8 Å². The van der Waals surface area contributed by atoms with Crippen LogP contribution in [0.3, 0.4) is 0 Å². The van der Waals surface area contributed by atoms with Crippen molar-refractivity contribution in [3.63, 3.8) is 0 Å². The zero-order chi connectivity index (χ0) is 23.7. The molecule has 170 valence electrons. The Labute approximate surface area is 192 Å². The van der Waals surface area contributed by atoms with Crippen LogP contribution in [0.1, 0.15) is 45.7 Å². The second kappa shape index (κ2) is 9.09. The van der Waals surface area contributed by atoms with Gasteiger partial charge in [-0.1, -0.05) is 30.7 Å². The van der Waals surface area contributed by atoms with Crippen LogP contribution >= 0.6 is 11.6 Å². The van der Waals surface area contributed by atoms with Crippen LogP contribution in [0.4, 0.5) is 5.69 Å². The van der Waals surface area contributed by atoms with E-state index in [-0.39, 0.29) is 17.4 Å². The number of rotatable bonds is 8. The van der Waals surface area contributed by atoms with Gasteiger partial charge in [-0.2, -0.15) is 0 Å². The van der Waals surface area contributed by atoms with Crippen molar-refractivity contribution in [3.05, 3.63) is 87.7 Å². The zero-order valence-corrected chi connectivity index (χ0v) is 20.1. The summed E-state index contributed by atoms with van der Waals surface area (Å²) in [7, 11) is -7.69. The first-order valence-electron chi connectivity index (χ1n) is 9.62. The molecule has 2 aromatic carbocycles. The zero-order valence-electron chi connectivity index (χ0n) is 17.7. The maximum absolute atomic E-state index is 12.8. The average Bonchev–Trinajstić information content (AvgIpc) is 3.07. The van der Waals surface area contributed by atoms with E-state index < -0.39 is 24.9 Å². The Morgan fingerprint density at radius 3 is 2.19 bits per heavy atom. The molecule has 0 amide bonds. The Bertz CT molecular complexity index is 1340. The number of benzene rings is 2. The van der Waals surface area contributed by atoms with Crippen molar-refractivity contribution in [2.24, 2.45) is 0 Å². The predicted octanol–water partition coefficient (Wildman–Crippen LogP) is 4.10. The predicted molar refractivity (Wildman–Crippen MR) is 127 cm³/mol. The van der Waals surface area contributed by atoms with Crippen molar-refractivity contribution in [1.82, 2.24) is 4.98 Å². The van der Waals surface area contributed by atoms with Crippen LogP contribution < -0.4 is 4.72 Å². The fraction of sp³-hybridized carbons (Fsp3) is 0.227. The van der Waals surface area contributed by atoms with Crippen LogP contribution in [0.5, 0.6) is 0 Å². The second-order valence-electron chi connectivity index (χ2n) is 7.72. The lowest BCUT2D eigenvalue weighted by molar-refractivity contribution is 0.103. The molecule has 0 saturated carbocycles. The van der Waals surface area contributed by atoms with E-state index in [1.165, 1.54) is 0 Å². The summed E-state index contributed by atoms with van der Waals surface area (Å²) in [5.74, 6) is -0.226. The first-order chi connectivity index (χ1) is 14.8. The monoisotopic (exact) mass is 494 g/mol. The molecule has 0 aliphatic heterocycles. The fourth-order valence-electron chi connectivity index (χ4n) is 3.31. The summed E-state index contributed by atoms with van der Waals surface area (Å²) in [6.07, 6.45) is 0.862. The number of ketones is 1. The van der Waals surface area contributed by atoms with E-state index in [0.717, 1.165) is 23.1 Å².